The zero-order valence-corrected chi connectivity index (χ0v) is 11.9. The number of carbonyl (C=O) groups excluding carboxylic acids is 2. The molecule has 1 aliphatic heterocycles. The van der Waals surface area contributed by atoms with Crippen molar-refractivity contribution in [1.29, 1.82) is 0 Å². The molecule has 0 aliphatic carbocycles. The highest BCUT2D eigenvalue weighted by Crippen LogP contribution is 2.09. The summed E-state index contributed by atoms with van der Waals surface area (Å²) in [6.07, 6.45) is 3.33. The second-order valence-electron chi connectivity index (χ2n) is 4.46. The fourth-order valence-corrected chi connectivity index (χ4v) is 2.04. The number of methoxy groups -OCH3 is 1. The standard InChI is InChI=1S/C14H22N2O4/c1-4-6-15(7-5-2)13(17)10-16-8-9-20-11-12(16)14(18)19-3/h4-5,12H,1-2,6-11H2,3H3. The SMILES string of the molecule is C=CCN(CC=C)C(=O)CN1CCOCC1C(=O)OC. The molecule has 6 nitrogen and oxygen atoms in total. The molecule has 0 radical (unpaired) electrons. The third-order valence-electron chi connectivity index (χ3n) is 3.10. The van der Waals surface area contributed by atoms with Gasteiger partial charge in [0.25, 0.3) is 0 Å². The summed E-state index contributed by atoms with van der Waals surface area (Å²) >= 11 is 0. The van der Waals surface area contributed by atoms with Gasteiger partial charge in [0.05, 0.1) is 26.9 Å². The average molecular weight is 282 g/mol. The van der Waals surface area contributed by atoms with E-state index in [1.807, 2.05) is 0 Å². The minimum absolute atomic E-state index is 0.0689. The Balaban J connectivity index is 2.66. The predicted octanol–water partition coefficient (Wildman–Crippen LogP) is 0.0608. The van der Waals surface area contributed by atoms with Gasteiger partial charge >= 0.3 is 5.97 Å². The summed E-state index contributed by atoms with van der Waals surface area (Å²) in [7, 11) is 1.33. The fourth-order valence-electron chi connectivity index (χ4n) is 2.04. The first-order valence-corrected chi connectivity index (χ1v) is 6.53. The van der Waals surface area contributed by atoms with E-state index in [1.165, 1.54) is 7.11 Å². The van der Waals surface area contributed by atoms with E-state index in [-0.39, 0.29) is 25.0 Å². The topological polar surface area (TPSA) is 59.1 Å². The van der Waals surface area contributed by atoms with Crippen LogP contribution in [0.15, 0.2) is 25.3 Å². The Morgan fingerprint density at radius 1 is 1.40 bits per heavy atom. The average Bonchev–Trinajstić information content (AvgIpc) is 2.46. The third-order valence-corrected chi connectivity index (χ3v) is 3.10. The molecule has 112 valence electrons. The summed E-state index contributed by atoms with van der Waals surface area (Å²) in [5.74, 6) is -0.447. The normalized spacial score (nSPS) is 19.1. The van der Waals surface area contributed by atoms with E-state index in [4.69, 9.17) is 9.47 Å². The second kappa shape index (κ2) is 8.50. The molecule has 1 heterocycles. The molecule has 1 amide bonds. The zero-order valence-electron chi connectivity index (χ0n) is 11.9. The second-order valence-corrected chi connectivity index (χ2v) is 4.46. The van der Waals surface area contributed by atoms with Gasteiger partial charge in [0, 0.05) is 19.6 Å². The van der Waals surface area contributed by atoms with Crippen LogP contribution in [0.25, 0.3) is 0 Å². The molecule has 0 aromatic rings. The number of hydrogen-bond acceptors (Lipinski definition) is 5. The first-order chi connectivity index (χ1) is 9.63. The number of esters is 1. The van der Waals surface area contributed by atoms with Gasteiger partial charge in [-0.15, -0.1) is 13.2 Å². The van der Waals surface area contributed by atoms with Crippen molar-refractivity contribution >= 4 is 11.9 Å². The molecule has 20 heavy (non-hydrogen) atoms. The number of nitrogens with zero attached hydrogens (tertiary/aromatic N) is 2. The van der Waals surface area contributed by atoms with Crippen LogP contribution in [0, 0.1) is 0 Å². The molecular weight excluding hydrogens is 260 g/mol. The van der Waals surface area contributed by atoms with Crippen LogP contribution in [0.4, 0.5) is 0 Å². The van der Waals surface area contributed by atoms with E-state index >= 15 is 0 Å². The first kappa shape index (κ1) is 16.4. The molecule has 1 unspecified atom stereocenters. The molecule has 0 spiro atoms. The predicted molar refractivity (Wildman–Crippen MR) is 75.2 cm³/mol. The van der Waals surface area contributed by atoms with Crippen LogP contribution in [0.1, 0.15) is 0 Å². The van der Waals surface area contributed by atoms with Crippen molar-refractivity contribution in [3.8, 4) is 0 Å². The van der Waals surface area contributed by atoms with Crippen LogP contribution >= 0.6 is 0 Å². The van der Waals surface area contributed by atoms with Crippen LogP contribution in [-0.2, 0) is 19.1 Å². The van der Waals surface area contributed by atoms with Gasteiger partial charge in [-0.25, -0.2) is 0 Å². The van der Waals surface area contributed by atoms with Crippen molar-refractivity contribution < 1.29 is 19.1 Å². The molecule has 1 atom stereocenters. The van der Waals surface area contributed by atoms with Crippen molar-refractivity contribution in [2.45, 2.75) is 6.04 Å². The smallest absolute Gasteiger partial charge is 0.325 e. The molecule has 0 aromatic carbocycles. The first-order valence-electron chi connectivity index (χ1n) is 6.53. The third kappa shape index (κ3) is 4.47. The van der Waals surface area contributed by atoms with Gasteiger partial charge in [-0.2, -0.15) is 0 Å². The van der Waals surface area contributed by atoms with E-state index in [0.29, 0.717) is 26.2 Å². The molecule has 0 aromatic heterocycles. The highest BCUT2D eigenvalue weighted by Gasteiger charge is 2.32. The Kier molecular flexibility index (Phi) is 6.97. The minimum atomic E-state index is -0.521. The maximum atomic E-state index is 12.2. The van der Waals surface area contributed by atoms with Crippen molar-refractivity contribution in [2.24, 2.45) is 0 Å². The number of morpholine rings is 1. The number of rotatable bonds is 7. The molecule has 6 heteroatoms. The monoisotopic (exact) mass is 282 g/mol. The molecule has 0 saturated carbocycles. The van der Waals surface area contributed by atoms with Crippen LogP contribution in [0.3, 0.4) is 0 Å². The van der Waals surface area contributed by atoms with Crippen LogP contribution in [0.2, 0.25) is 0 Å². The summed E-state index contributed by atoms with van der Waals surface area (Å²) < 4.78 is 10.0. The van der Waals surface area contributed by atoms with Gasteiger partial charge < -0.3 is 14.4 Å². The van der Waals surface area contributed by atoms with Gasteiger partial charge in [0.15, 0.2) is 0 Å². The Hall–Kier alpha value is -1.66. The molecule has 1 saturated heterocycles. The van der Waals surface area contributed by atoms with E-state index in [1.54, 1.807) is 22.0 Å². The van der Waals surface area contributed by atoms with Gasteiger partial charge in [0.1, 0.15) is 6.04 Å². The molecule has 1 fully saturated rings. The van der Waals surface area contributed by atoms with E-state index in [9.17, 15) is 9.59 Å². The van der Waals surface area contributed by atoms with Crippen LogP contribution in [-0.4, -0.2) is 74.2 Å². The molecular formula is C14H22N2O4. The number of carbonyl (C=O) groups is 2. The summed E-state index contributed by atoms with van der Waals surface area (Å²) in [4.78, 5) is 27.3. The highest BCUT2D eigenvalue weighted by molar-refractivity contribution is 5.81. The number of amides is 1. The summed E-state index contributed by atoms with van der Waals surface area (Å²) in [6.45, 7) is 9.62. The molecule has 1 rings (SSSR count). The Bertz CT molecular complexity index is 360. The van der Waals surface area contributed by atoms with Crippen LogP contribution in [0.5, 0.6) is 0 Å². The highest BCUT2D eigenvalue weighted by atomic mass is 16.5. The lowest BCUT2D eigenvalue weighted by molar-refractivity contribution is -0.154. The largest absolute Gasteiger partial charge is 0.468 e. The van der Waals surface area contributed by atoms with E-state index < -0.39 is 6.04 Å². The Labute approximate surface area is 119 Å². The Morgan fingerprint density at radius 2 is 2.05 bits per heavy atom. The van der Waals surface area contributed by atoms with Gasteiger partial charge in [-0.1, -0.05) is 12.2 Å². The van der Waals surface area contributed by atoms with Crippen molar-refractivity contribution in [3.63, 3.8) is 0 Å². The quantitative estimate of drug-likeness (QED) is 0.488. The van der Waals surface area contributed by atoms with Crippen molar-refractivity contribution in [2.75, 3.05) is 46.5 Å². The Morgan fingerprint density at radius 3 is 2.60 bits per heavy atom. The lowest BCUT2D eigenvalue weighted by Gasteiger charge is -2.34. The van der Waals surface area contributed by atoms with E-state index in [2.05, 4.69) is 13.2 Å². The number of ether oxygens (including phenoxy) is 2. The minimum Gasteiger partial charge on any atom is -0.468 e. The van der Waals surface area contributed by atoms with Gasteiger partial charge in [-0.3, -0.25) is 14.5 Å². The summed E-state index contributed by atoms with van der Waals surface area (Å²) in [5, 5.41) is 0. The van der Waals surface area contributed by atoms with Crippen molar-refractivity contribution in [1.82, 2.24) is 9.80 Å². The fraction of sp³-hybridized carbons (Fsp3) is 0.571. The molecule has 0 N–H and O–H groups in total. The molecule has 0 bridgehead atoms. The lowest BCUT2D eigenvalue weighted by atomic mass is 10.2. The lowest BCUT2D eigenvalue weighted by Crippen LogP contribution is -2.54. The van der Waals surface area contributed by atoms with Gasteiger partial charge in [0.2, 0.25) is 5.91 Å². The van der Waals surface area contributed by atoms with Gasteiger partial charge in [-0.05, 0) is 0 Å². The molecule has 1 aliphatic rings. The number of hydrogen-bond donors (Lipinski definition) is 0. The van der Waals surface area contributed by atoms with Crippen LogP contribution < -0.4 is 0 Å². The van der Waals surface area contributed by atoms with E-state index in [0.717, 1.165) is 0 Å². The van der Waals surface area contributed by atoms with Crippen molar-refractivity contribution in [3.05, 3.63) is 25.3 Å². The summed E-state index contributed by atoms with van der Waals surface area (Å²) in [5.41, 5.74) is 0. The maximum Gasteiger partial charge on any atom is 0.325 e. The zero-order chi connectivity index (χ0) is 15.0. The maximum absolute atomic E-state index is 12.2. The summed E-state index contributed by atoms with van der Waals surface area (Å²) in [6, 6.07) is -0.521.